The Kier molecular flexibility index (Phi) is 6.08. The number of carbonyl (C=O) groups is 2. The van der Waals surface area contributed by atoms with Crippen LogP contribution < -0.4 is 10.2 Å². The minimum Gasteiger partial charge on any atom is -0.342 e. The first-order valence-electron chi connectivity index (χ1n) is 9.93. The molecule has 160 valence electrons. The average Bonchev–Trinajstić information content (AvgIpc) is 3.38. The van der Waals surface area contributed by atoms with Crippen molar-refractivity contribution >= 4 is 29.3 Å². The summed E-state index contributed by atoms with van der Waals surface area (Å²) in [7, 11) is 1.84. The van der Waals surface area contributed by atoms with Gasteiger partial charge in [0.2, 0.25) is 11.8 Å². The number of anilines is 1. The molecule has 8 heteroatoms. The molecular formula is C23H23FN4O2S. The topological polar surface area (TPSA) is 67.2 Å². The number of nitrogens with one attached hydrogen (secondary N) is 1. The van der Waals surface area contributed by atoms with Crippen LogP contribution in [0.3, 0.4) is 0 Å². The third-order valence-electron chi connectivity index (χ3n) is 5.49. The molecule has 2 aromatic carbocycles. The SMILES string of the molecule is CSc1ccc(N2CC(C(=O)NC(c3ccc(F)cc3)c3nccn3C)CC2=O)cc1. The Morgan fingerprint density at radius 3 is 2.52 bits per heavy atom. The Morgan fingerprint density at radius 1 is 1.19 bits per heavy atom. The number of aromatic nitrogens is 2. The van der Waals surface area contributed by atoms with Crippen molar-refractivity contribution in [3.8, 4) is 0 Å². The summed E-state index contributed by atoms with van der Waals surface area (Å²) in [6.07, 6.45) is 5.58. The lowest BCUT2D eigenvalue weighted by Crippen LogP contribution is -2.37. The van der Waals surface area contributed by atoms with Crippen molar-refractivity contribution < 1.29 is 14.0 Å². The van der Waals surface area contributed by atoms with Crippen LogP contribution in [0.15, 0.2) is 65.8 Å². The lowest BCUT2D eigenvalue weighted by atomic mass is 10.0. The minimum atomic E-state index is -0.543. The molecule has 1 aliphatic heterocycles. The molecule has 1 N–H and O–H groups in total. The molecule has 1 fully saturated rings. The van der Waals surface area contributed by atoms with Crippen molar-refractivity contribution in [3.05, 3.63) is 78.1 Å². The molecule has 1 aromatic heterocycles. The van der Waals surface area contributed by atoms with E-state index < -0.39 is 12.0 Å². The van der Waals surface area contributed by atoms with Gasteiger partial charge in [0.1, 0.15) is 17.7 Å². The van der Waals surface area contributed by atoms with E-state index in [1.54, 1.807) is 41.2 Å². The summed E-state index contributed by atoms with van der Waals surface area (Å²) in [5, 5.41) is 3.02. The van der Waals surface area contributed by atoms with Gasteiger partial charge in [-0.1, -0.05) is 12.1 Å². The smallest absolute Gasteiger partial charge is 0.227 e. The summed E-state index contributed by atoms with van der Waals surface area (Å²) in [4.78, 5) is 32.9. The minimum absolute atomic E-state index is 0.0765. The first-order chi connectivity index (χ1) is 15.0. The third-order valence-corrected chi connectivity index (χ3v) is 6.23. The highest BCUT2D eigenvalue weighted by Gasteiger charge is 2.36. The standard InChI is InChI=1S/C23H23FN4O2S/c1-27-12-11-25-22(27)21(15-3-5-17(24)6-4-15)26-23(30)16-13-20(29)28(14-16)18-7-9-19(31-2)10-8-18/h3-12,16,21H,13-14H2,1-2H3,(H,26,30). The van der Waals surface area contributed by atoms with Gasteiger partial charge in [-0.25, -0.2) is 9.37 Å². The van der Waals surface area contributed by atoms with Gasteiger partial charge in [0, 0.05) is 43.0 Å². The van der Waals surface area contributed by atoms with Gasteiger partial charge in [0.15, 0.2) is 0 Å². The van der Waals surface area contributed by atoms with Gasteiger partial charge >= 0.3 is 0 Å². The molecule has 0 saturated carbocycles. The van der Waals surface area contributed by atoms with Crippen molar-refractivity contribution in [2.45, 2.75) is 17.4 Å². The number of hydrogen-bond donors (Lipinski definition) is 1. The van der Waals surface area contributed by atoms with Crippen LogP contribution in [0.4, 0.5) is 10.1 Å². The first-order valence-corrected chi connectivity index (χ1v) is 11.2. The van der Waals surface area contributed by atoms with Crippen molar-refractivity contribution in [1.82, 2.24) is 14.9 Å². The molecule has 2 unspecified atom stereocenters. The largest absolute Gasteiger partial charge is 0.342 e. The van der Waals surface area contributed by atoms with Crippen molar-refractivity contribution in [1.29, 1.82) is 0 Å². The van der Waals surface area contributed by atoms with Gasteiger partial charge in [-0.3, -0.25) is 9.59 Å². The normalized spacial score (nSPS) is 17.1. The lowest BCUT2D eigenvalue weighted by Gasteiger charge is -2.21. The number of amides is 2. The zero-order valence-corrected chi connectivity index (χ0v) is 18.1. The van der Waals surface area contributed by atoms with E-state index in [1.807, 2.05) is 42.1 Å². The molecule has 1 aliphatic rings. The number of aryl methyl sites for hydroxylation is 1. The Bertz CT molecular complexity index is 1080. The number of hydrogen-bond acceptors (Lipinski definition) is 4. The molecule has 2 heterocycles. The van der Waals surface area contributed by atoms with Gasteiger partial charge in [0.05, 0.1) is 5.92 Å². The van der Waals surface area contributed by atoms with Crippen molar-refractivity contribution in [3.63, 3.8) is 0 Å². The van der Waals surface area contributed by atoms with E-state index in [4.69, 9.17) is 0 Å². The van der Waals surface area contributed by atoms with Crippen LogP contribution in [0.5, 0.6) is 0 Å². The first kappa shape index (κ1) is 21.1. The van der Waals surface area contributed by atoms with Crippen LogP contribution in [-0.4, -0.2) is 34.2 Å². The maximum Gasteiger partial charge on any atom is 0.227 e. The molecule has 2 amide bonds. The van der Waals surface area contributed by atoms with Crippen LogP contribution in [0.25, 0.3) is 0 Å². The molecule has 1 saturated heterocycles. The Labute approximate surface area is 184 Å². The van der Waals surface area contributed by atoms with E-state index in [2.05, 4.69) is 10.3 Å². The zero-order chi connectivity index (χ0) is 22.0. The van der Waals surface area contributed by atoms with Gasteiger partial charge < -0.3 is 14.8 Å². The second-order valence-corrected chi connectivity index (χ2v) is 8.37. The summed E-state index contributed by atoms with van der Waals surface area (Å²) in [6, 6.07) is 13.2. The molecular weight excluding hydrogens is 415 g/mol. The number of benzene rings is 2. The summed E-state index contributed by atoms with van der Waals surface area (Å²) >= 11 is 1.63. The van der Waals surface area contributed by atoms with Crippen LogP contribution >= 0.6 is 11.8 Å². The lowest BCUT2D eigenvalue weighted by molar-refractivity contribution is -0.126. The van der Waals surface area contributed by atoms with Gasteiger partial charge in [-0.2, -0.15) is 0 Å². The molecule has 2 atom stereocenters. The monoisotopic (exact) mass is 438 g/mol. The van der Waals surface area contributed by atoms with E-state index in [1.165, 1.54) is 12.1 Å². The van der Waals surface area contributed by atoms with Crippen LogP contribution in [0.1, 0.15) is 23.9 Å². The van der Waals surface area contributed by atoms with Gasteiger partial charge in [0.25, 0.3) is 0 Å². The van der Waals surface area contributed by atoms with E-state index in [9.17, 15) is 14.0 Å². The van der Waals surface area contributed by atoms with Crippen LogP contribution in [0, 0.1) is 11.7 Å². The molecule has 3 aromatic rings. The van der Waals surface area contributed by atoms with E-state index in [0.717, 1.165) is 16.1 Å². The second kappa shape index (κ2) is 8.93. The van der Waals surface area contributed by atoms with Gasteiger partial charge in [-0.15, -0.1) is 11.8 Å². The third kappa shape index (κ3) is 4.49. The molecule has 4 rings (SSSR count). The molecule has 31 heavy (non-hydrogen) atoms. The fraction of sp³-hybridized carbons (Fsp3) is 0.261. The summed E-state index contributed by atoms with van der Waals surface area (Å²) in [5.41, 5.74) is 1.51. The van der Waals surface area contributed by atoms with Crippen LogP contribution in [0.2, 0.25) is 0 Å². The highest BCUT2D eigenvalue weighted by molar-refractivity contribution is 7.98. The fourth-order valence-electron chi connectivity index (χ4n) is 3.76. The molecule has 0 bridgehead atoms. The number of halogens is 1. The molecule has 0 radical (unpaired) electrons. The number of rotatable bonds is 6. The average molecular weight is 439 g/mol. The second-order valence-electron chi connectivity index (χ2n) is 7.49. The predicted molar refractivity (Wildman–Crippen MR) is 118 cm³/mol. The maximum atomic E-state index is 13.4. The maximum absolute atomic E-state index is 13.4. The molecule has 0 spiro atoms. The van der Waals surface area contributed by atoms with E-state index in [0.29, 0.717) is 12.4 Å². The Morgan fingerprint density at radius 2 is 1.90 bits per heavy atom. The Balaban J connectivity index is 1.53. The van der Waals surface area contributed by atoms with E-state index >= 15 is 0 Å². The van der Waals surface area contributed by atoms with Crippen molar-refractivity contribution in [2.24, 2.45) is 13.0 Å². The quantitative estimate of drug-likeness (QED) is 0.598. The predicted octanol–water partition coefficient (Wildman–Crippen LogP) is 3.54. The summed E-state index contributed by atoms with van der Waals surface area (Å²) < 4.78 is 15.2. The fourth-order valence-corrected chi connectivity index (χ4v) is 4.17. The highest BCUT2D eigenvalue weighted by Crippen LogP contribution is 2.28. The van der Waals surface area contributed by atoms with Crippen LogP contribution in [-0.2, 0) is 16.6 Å². The molecule has 6 nitrogen and oxygen atoms in total. The number of thioether (sulfide) groups is 1. The summed E-state index contributed by atoms with van der Waals surface area (Å²) in [5.74, 6) is -0.496. The Hall–Kier alpha value is -3.13. The number of imidazole rings is 1. The number of nitrogens with zero attached hydrogens (tertiary/aromatic N) is 3. The zero-order valence-electron chi connectivity index (χ0n) is 17.3. The summed E-state index contributed by atoms with van der Waals surface area (Å²) in [6.45, 7) is 0.319. The number of carbonyl (C=O) groups excluding carboxylic acids is 2. The van der Waals surface area contributed by atoms with E-state index in [-0.39, 0.29) is 24.1 Å². The van der Waals surface area contributed by atoms with Crippen molar-refractivity contribution in [2.75, 3.05) is 17.7 Å². The van der Waals surface area contributed by atoms with Gasteiger partial charge in [-0.05, 0) is 48.2 Å². The molecule has 0 aliphatic carbocycles. The highest BCUT2D eigenvalue weighted by atomic mass is 32.2.